The summed E-state index contributed by atoms with van der Waals surface area (Å²) in [5, 5.41) is 17.9. The molecule has 1 aliphatic heterocycles. The number of nitrogens with one attached hydrogen (secondary N) is 1. The molecule has 2 heterocycles. The Morgan fingerprint density at radius 1 is 1.41 bits per heavy atom. The minimum absolute atomic E-state index is 0.148. The summed E-state index contributed by atoms with van der Waals surface area (Å²) in [7, 11) is 0. The highest BCUT2D eigenvalue weighted by atomic mass is 32.2. The highest BCUT2D eigenvalue weighted by Gasteiger charge is 2.36. The second-order valence-corrected chi connectivity index (χ2v) is 4.82. The van der Waals surface area contributed by atoms with Gasteiger partial charge >= 0.3 is 5.69 Å². The predicted octanol–water partition coefficient (Wildman–Crippen LogP) is -1.52. The second kappa shape index (κ2) is 5.05. The smallest absolute Gasteiger partial charge is 0.331 e. The minimum atomic E-state index is -0.645. The number of ether oxygens (including phenoxy) is 1. The molecule has 8 heteroatoms. The van der Waals surface area contributed by atoms with E-state index in [0.29, 0.717) is 0 Å². The molecule has 17 heavy (non-hydrogen) atoms. The van der Waals surface area contributed by atoms with Gasteiger partial charge in [0.2, 0.25) is 0 Å². The third-order valence-electron chi connectivity index (χ3n) is 2.44. The molecule has 0 saturated carbocycles. The number of aromatic amines is 1. The average Bonchev–Trinajstić information content (AvgIpc) is 2.72. The van der Waals surface area contributed by atoms with Crippen LogP contribution in [0.3, 0.4) is 0 Å². The van der Waals surface area contributed by atoms with E-state index in [0.717, 1.165) is 0 Å². The first kappa shape index (κ1) is 12.4. The van der Waals surface area contributed by atoms with Crippen molar-refractivity contribution in [1.82, 2.24) is 9.55 Å². The molecule has 3 N–H and O–H groups in total. The van der Waals surface area contributed by atoms with Crippen LogP contribution in [0.25, 0.3) is 0 Å². The number of aliphatic hydroxyl groups excluding tert-OH is 2. The monoisotopic (exact) mass is 260 g/mol. The Labute approximate surface area is 100 Å². The first-order chi connectivity index (χ1) is 8.15. The zero-order valence-electron chi connectivity index (χ0n) is 8.78. The zero-order chi connectivity index (χ0) is 12.4. The van der Waals surface area contributed by atoms with Crippen LogP contribution in [0.4, 0.5) is 0 Å². The van der Waals surface area contributed by atoms with Gasteiger partial charge in [0.1, 0.15) is 0 Å². The second-order valence-electron chi connectivity index (χ2n) is 3.54. The highest BCUT2D eigenvalue weighted by molar-refractivity contribution is 8.00. The maximum absolute atomic E-state index is 11.5. The summed E-state index contributed by atoms with van der Waals surface area (Å²) in [5.41, 5.74) is -1.70. The van der Waals surface area contributed by atoms with Crippen LogP contribution in [-0.2, 0) is 4.74 Å². The van der Waals surface area contributed by atoms with E-state index >= 15 is 0 Å². The number of nitrogens with zero attached hydrogens (tertiary/aromatic N) is 1. The van der Waals surface area contributed by atoms with Gasteiger partial charge in [-0.25, -0.2) is 4.79 Å². The molecule has 1 aromatic rings. The molecule has 0 unspecified atom stereocenters. The van der Waals surface area contributed by atoms with Gasteiger partial charge in [-0.2, -0.15) is 0 Å². The molecule has 1 aromatic heterocycles. The first-order valence-electron chi connectivity index (χ1n) is 5.00. The number of hydrogen-bond acceptors (Lipinski definition) is 6. The van der Waals surface area contributed by atoms with E-state index < -0.39 is 22.9 Å². The van der Waals surface area contributed by atoms with Crippen LogP contribution in [0.15, 0.2) is 21.9 Å². The van der Waals surface area contributed by atoms with Crippen molar-refractivity contribution in [3.05, 3.63) is 33.1 Å². The predicted molar refractivity (Wildman–Crippen MR) is 60.8 cm³/mol. The molecule has 1 aliphatic rings. The lowest BCUT2D eigenvalue weighted by Gasteiger charge is -2.12. The molecule has 1 saturated heterocycles. The van der Waals surface area contributed by atoms with Crippen LogP contribution < -0.4 is 11.2 Å². The van der Waals surface area contributed by atoms with Crippen molar-refractivity contribution in [2.45, 2.75) is 16.9 Å². The molecule has 0 amide bonds. The van der Waals surface area contributed by atoms with Gasteiger partial charge in [0, 0.05) is 12.3 Å². The Morgan fingerprint density at radius 2 is 2.18 bits per heavy atom. The Morgan fingerprint density at radius 3 is 2.71 bits per heavy atom. The van der Waals surface area contributed by atoms with Crippen molar-refractivity contribution in [3.8, 4) is 0 Å². The molecule has 0 aromatic carbocycles. The fourth-order valence-corrected chi connectivity index (χ4v) is 2.77. The Hall–Kier alpha value is -1.09. The lowest BCUT2D eigenvalue weighted by molar-refractivity contribution is -0.0190. The van der Waals surface area contributed by atoms with Gasteiger partial charge in [-0.3, -0.25) is 14.3 Å². The molecule has 2 rings (SSSR count). The largest absolute Gasteiger partial charge is 0.395 e. The lowest BCUT2D eigenvalue weighted by Crippen LogP contribution is -2.31. The van der Waals surface area contributed by atoms with Crippen molar-refractivity contribution in [1.29, 1.82) is 0 Å². The quantitative estimate of drug-likeness (QED) is 0.609. The van der Waals surface area contributed by atoms with Gasteiger partial charge in [-0.1, -0.05) is 11.8 Å². The minimum Gasteiger partial charge on any atom is -0.395 e. The topological polar surface area (TPSA) is 105 Å². The van der Waals surface area contributed by atoms with Crippen LogP contribution in [0.2, 0.25) is 0 Å². The first-order valence-corrected chi connectivity index (χ1v) is 5.94. The third kappa shape index (κ3) is 2.44. The lowest BCUT2D eigenvalue weighted by atomic mass is 10.3. The number of hydrogen-bond donors (Lipinski definition) is 3. The number of thioether (sulfide) groups is 1. The maximum Gasteiger partial charge on any atom is 0.331 e. The van der Waals surface area contributed by atoms with Gasteiger partial charge in [-0.15, -0.1) is 0 Å². The molecular weight excluding hydrogens is 248 g/mol. The Balaban J connectivity index is 2.25. The number of H-pyrrole nitrogens is 1. The molecular formula is C9H12N2O5S. The van der Waals surface area contributed by atoms with E-state index in [1.54, 1.807) is 0 Å². The molecule has 1 fully saturated rings. The van der Waals surface area contributed by atoms with Gasteiger partial charge in [0.25, 0.3) is 5.56 Å². The standard InChI is InChI=1S/C9H12N2O5S/c12-3-5-6(4-13)17-9(16-5)11-2-1-7(14)10-8(11)15/h1-2,5-6,9,12-13H,3-4H2,(H,10,14,15)/t5-,6-,9-/m1/s1. The maximum atomic E-state index is 11.5. The highest BCUT2D eigenvalue weighted by Crippen LogP contribution is 2.38. The Kier molecular flexibility index (Phi) is 3.67. The number of aromatic nitrogens is 2. The molecule has 7 nitrogen and oxygen atoms in total. The van der Waals surface area contributed by atoms with Crippen LogP contribution in [0.1, 0.15) is 5.56 Å². The Bertz CT molecular complexity index is 487. The fourth-order valence-electron chi connectivity index (χ4n) is 1.55. The van der Waals surface area contributed by atoms with E-state index in [1.165, 1.54) is 28.6 Å². The van der Waals surface area contributed by atoms with Crippen LogP contribution in [0, 0.1) is 0 Å². The van der Waals surface area contributed by atoms with Crippen molar-refractivity contribution in [3.63, 3.8) is 0 Å². The van der Waals surface area contributed by atoms with E-state index in [1.807, 2.05) is 0 Å². The van der Waals surface area contributed by atoms with Gasteiger partial charge in [0.15, 0.2) is 5.56 Å². The normalized spacial score (nSPS) is 28.5. The van der Waals surface area contributed by atoms with Gasteiger partial charge in [0.05, 0.1) is 24.6 Å². The fraction of sp³-hybridized carbons (Fsp3) is 0.556. The van der Waals surface area contributed by atoms with Crippen molar-refractivity contribution in [2.75, 3.05) is 13.2 Å². The van der Waals surface area contributed by atoms with Crippen molar-refractivity contribution in [2.24, 2.45) is 0 Å². The van der Waals surface area contributed by atoms with E-state index in [-0.39, 0.29) is 18.5 Å². The van der Waals surface area contributed by atoms with Crippen molar-refractivity contribution >= 4 is 11.8 Å². The van der Waals surface area contributed by atoms with E-state index in [9.17, 15) is 9.59 Å². The third-order valence-corrected chi connectivity index (χ3v) is 3.81. The summed E-state index contributed by atoms with van der Waals surface area (Å²) in [5.74, 6) is 0. The van der Waals surface area contributed by atoms with Crippen LogP contribution in [-0.4, -0.2) is 44.3 Å². The summed E-state index contributed by atoms with van der Waals surface area (Å²) < 4.78 is 6.63. The number of rotatable bonds is 3. The van der Waals surface area contributed by atoms with Crippen LogP contribution in [0.5, 0.6) is 0 Å². The molecule has 0 spiro atoms. The molecule has 0 bridgehead atoms. The molecule has 0 aliphatic carbocycles. The summed E-state index contributed by atoms with van der Waals surface area (Å²) in [6, 6.07) is 1.21. The summed E-state index contributed by atoms with van der Waals surface area (Å²) >= 11 is 1.23. The summed E-state index contributed by atoms with van der Waals surface area (Å²) in [6.07, 6.45) is 0.807. The average molecular weight is 260 g/mol. The van der Waals surface area contributed by atoms with Gasteiger partial charge in [-0.05, 0) is 0 Å². The van der Waals surface area contributed by atoms with E-state index in [2.05, 4.69) is 4.98 Å². The molecule has 3 atom stereocenters. The molecule has 94 valence electrons. The SMILES string of the molecule is O=c1ccn([C@@H]2O[C@H](CO)[C@@H](CO)S2)c(=O)[nH]1. The summed E-state index contributed by atoms with van der Waals surface area (Å²) in [6.45, 7) is -0.378. The molecule has 0 radical (unpaired) electrons. The van der Waals surface area contributed by atoms with E-state index in [4.69, 9.17) is 14.9 Å². The van der Waals surface area contributed by atoms with Crippen molar-refractivity contribution < 1.29 is 14.9 Å². The summed E-state index contributed by atoms with van der Waals surface area (Å²) in [4.78, 5) is 24.5. The van der Waals surface area contributed by atoms with Crippen LogP contribution >= 0.6 is 11.8 Å². The van der Waals surface area contributed by atoms with Gasteiger partial charge < -0.3 is 14.9 Å². The zero-order valence-corrected chi connectivity index (χ0v) is 9.59. The number of aliphatic hydroxyl groups is 2.